The number of benzene rings is 1. The number of rotatable bonds is 7. The molecule has 0 aliphatic rings. The molecule has 1 atom stereocenters. The molecular formula is C17H29ClN2O2. The first-order chi connectivity index (χ1) is 9.73. The molecule has 4 nitrogen and oxygen atoms in total. The number of carbonyl (C=O) groups is 1. The first-order valence-electron chi connectivity index (χ1n) is 7.44. The number of ether oxygens (including phenoxy) is 1. The molecule has 1 aromatic rings. The van der Waals surface area contributed by atoms with E-state index in [1.54, 1.807) is 14.0 Å². The molecule has 0 bridgehead atoms. The molecule has 0 fully saturated rings. The van der Waals surface area contributed by atoms with Gasteiger partial charge in [-0.25, -0.2) is 0 Å². The average Bonchev–Trinajstić information content (AvgIpc) is 2.44. The van der Waals surface area contributed by atoms with Crippen molar-refractivity contribution in [3.63, 3.8) is 0 Å². The molecule has 0 spiro atoms. The van der Waals surface area contributed by atoms with Crippen LogP contribution in [0.25, 0.3) is 0 Å². The van der Waals surface area contributed by atoms with E-state index in [4.69, 9.17) is 10.5 Å². The Morgan fingerprint density at radius 1 is 1.23 bits per heavy atom. The number of nitrogens with two attached hydrogens (primary N) is 1. The van der Waals surface area contributed by atoms with E-state index < -0.39 is 5.54 Å². The van der Waals surface area contributed by atoms with Gasteiger partial charge in [0, 0.05) is 12.0 Å². The third kappa shape index (κ3) is 5.50. The molecule has 0 aromatic heterocycles. The number of hydrogen-bond acceptors (Lipinski definition) is 3. The first-order valence-corrected chi connectivity index (χ1v) is 7.44. The summed E-state index contributed by atoms with van der Waals surface area (Å²) in [4.78, 5) is 12.2. The minimum absolute atomic E-state index is 0. The van der Waals surface area contributed by atoms with Crippen molar-refractivity contribution in [2.75, 3.05) is 13.7 Å². The fraction of sp³-hybridized carbons (Fsp3) is 0.588. The van der Waals surface area contributed by atoms with Gasteiger partial charge in [0.05, 0.1) is 12.6 Å². The zero-order valence-electron chi connectivity index (χ0n) is 14.2. The van der Waals surface area contributed by atoms with E-state index in [9.17, 15) is 4.79 Å². The molecule has 5 heteroatoms. The zero-order valence-corrected chi connectivity index (χ0v) is 15.0. The second-order valence-corrected chi connectivity index (χ2v) is 6.46. The van der Waals surface area contributed by atoms with Gasteiger partial charge >= 0.3 is 0 Å². The molecule has 0 heterocycles. The van der Waals surface area contributed by atoms with Gasteiger partial charge in [0.1, 0.15) is 5.75 Å². The van der Waals surface area contributed by atoms with Gasteiger partial charge in [0.2, 0.25) is 5.91 Å². The lowest BCUT2D eigenvalue weighted by Gasteiger charge is -2.29. The minimum Gasteiger partial charge on any atom is -0.497 e. The predicted molar refractivity (Wildman–Crippen MR) is 93.8 cm³/mol. The van der Waals surface area contributed by atoms with E-state index in [2.05, 4.69) is 19.2 Å². The van der Waals surface area contributed by atoms with Gasteiger partial charge in [0.15, 0.2) is 0 Å². The van der Waals surface area contributed by atoms with E-state index in [-0.39, 0.29) is 23.7 Å². The second kappa shape index (κ2) is 8.39. The van der Waals surface area contributed by atoms with Crippen LogP contribution in [-0.4, -0.2) is 25.1 Å². The number of halogens is 1. The number of carbonyl (C=O) groups excluding carboxylic acids is 1. The van der Waals surface area contributed by atoms with Gasteiger partial charge < -0.3 is 15.8 Å². The van der Waals surface area contributed by atoms with Gasteiger partial charge in [0.25, 0.3) is 0 Å². The van der Waals surface area contributed by atoms with E-state index in [0.29, 0.717) is 13.0 Å². The molecule has 0 saturated heterocycles. The maximum absolute atomic E-state index is 12.2. The third-order valence-corrected chi connectivity index (χ3v) is 3.85. The maximum Gasteiger partial charge on any atom is 0.239 e. The largest absolute Gasteiger partial charge is 0.497 e. The predicted octanol–water partition coefficient (Wildman–Crippen LogP) is 3.03. The smallest absolute Gasteiger partial charge is 0.239 e. The van der Waals surface area contributed by atoms with Crippen LogP contribution in [0.3, 0.4) is 0 Å². The molecule has 1 unspecified atom stereocenters. The summed E-state index contributed by atoms with van der Waals surface area (Å²) in [6, 6.07) is 7.92. The standard InChI is InChI=1S/C17H28N2O2.ClH/c1-6-11-17(4,18)15(20)19-12-16(2,3)13-7-9-14(21-5)10-8-13;/h7-10H,6,11-12,18H2,1-5H3,(H,19,20);1H. The number of amides is 1. The molecule has 3 N–H and O–H groups in total. The number of hydrogen-bond donors (Lipinski definition) is 2. The summed E-state index contributed by atoms with van der Waals surface area (Å²) in [5, 5.41) is 2.98. The summed E-state index contributed by atoms with van der Waals surface area (Å²) in [6.45, 7) is 8.56. The van der Waals surface area contributed by atoms with Crippen LogP contribution in [0.15, 0.2) is 24.3 Å². The molecular weight excluding hydrogens is 300 g/mol. The molecule has 0 aliphatic heterocycles. The van der Waals surface area contributed by atoms with Crippen LogP contribution in [0, 0.1) is 0 Å². The van der Waals surface area contributed by atoms with Crippen molar-refractivity contribution < 1.29 is 9.53 Å². The minimum atomic E-state index is -0.801. The van der Waals surface area contributed by atoms with Crippen LogP contribution >= 0.6 is 12.4 Å². The quantitative estimate of drug-likeness (QED) is 0.808. The Balaban J connectivity index is 0.00000441. The van der Waals surface area contributed by atoms with Gasteiger partial charge in [-0.15, -0.1) is 12.4 Å². The highest BCUT2D eigenvalue weighted by molar-refractivity contribution is 5.85. The Kier molecular flexibility index (Phi) is 7.91. The van der Waals surface area contributed by atoms with Crippen molar-refractivity contribution in [1.82, 2.24) is 5.32 Å². The Hall–Kier alpha value is -1.26. The summed E-state index contributed by atoms with van der Waals surface area (Å²) < 4.78 is 5.17. The van der Waals surface area contributed by atoms with Crippen LogP contribution in [0.2, 0.25) is 0 Å². The van der Waals surface area contributed by atoms with Crippen LogP contribution in [0.4, 0.5) is 0 Å². The first kappa shape index (κ1) is 20.7. The van der Waals surface area contributed by atoms with Crippen molar-refractivity contribution in [1.29, 1.82) is 0 Å². The van der Waals surface area contributed by atoms with Crippen LogP contribution in [-0.2, 0) is 10.2 Å². The van der Waals surface area contributed by atoms with Crippen molar-refractivity contribution >= 4 is 18.3 Å². The van der Waals surface area contributed by atoms with E-state index in [0.717, 1.165) is 17.7 Å². The maximum atomic E-state index is 12.2. The summed E-state index contributed by atoms with van der Waals surface area (Å²) in [6.07, 6.45) is 1.57. The SMILES string of the molecule is CCCC(C)(N)C(=O)NCC(C)(C)c1ccc(OC)cc1.Cl. The van der Waals surface area contributed by atoms with Gasteiger partial charge in [-0.3, -0.25) is 4.79 Å². The van der Waals surface area contributed by atoms with Crippen molar-refractivity contribution in [3.05, 3.63) is 29.8 Å². The highest BCUT2D eigenvalue weighted by Crippen LogP contribution is 2.24. The van der Waals surface area contributed by atoms with E-state index in [1.165, 1.54) is 0 Å². The fourth-order valence-electron chi connectivity index (χ4n) is 2.28. The normalized spacial score (nSPS) is 13.7. The fourth-order valence-corrected chi connectivity index (χ4v) is 2.28. The highest BCUT2D eigenvalue weighted by Gasteiger charge is 2.29. The summed E-state index contributed by atoms with van der Waals surface area (Å²) in [7, 11) is 1.65. The van der Waals surface area contributed by atoms with Crippen molar-refractivity contribution in [2.45, 2.75) is 51.5 Å². The average molecular weight is 329 g/mol. The number of nitrogens with one attached hydrogen (secondary N) is 1. The molecule has 0 saturated carbocycles. The lowest BCUT2D eigenvalue weighted by Crippen LogP contribution is -2.53. The molecule has 1 aromatic carbocycles. The Labute approximate surface area is 140 Å². The Bertz CT molecular complexity index is 470. The summed E-state index contributed by atoms with van der Waals surface area (Å²) >= 11 is 0. The molecule has 1 amide bonds. The third-order valence-electron chi connectivity index (χ3n) is 3.85. The van der Waals surface area contributed by atoms with Crippen molar-refractivity contribution in [2.24, 2.45) is 5.73 Å². The van der Waals surface area contributed by atoms with E-state index >= 15 is 0 Å². The zero-order chi connectivity index (χ0) is 16.1. The van der Waals surface area contributed by atoms with E-state index in [1.807, 2.05) is 31.2 Å². The summed E-state index contributed by atoms with van der Waals surface area (Å²) in [5.41, 5.74) is 6.24. The van der Waals surface area contributed by atoms with Gasteiger partial charge in [-0.05, 0) is 31.0 Å². The van der Waals surface area contributed by atoms with Gasteiger partial charge in [-0.2, -0.15) is 0 Å². The van der Waals surface area contributed by atoms with Crippen LogP contribution in [0.1, 0.15) is 46.1 Å². The lowest BCUT2D eigenvalue weighted by molar-refractivity contribution is -0.126. The number of methoxy groups -OCH3 is 1. The molecule has 126 valence electrons. The summed E-state index contributed by atoms with van der Waals surface area (Å²) in [5.74, 6) is 0.738. The highest BCUT2D eigenvalue weighted by atomic mass is 35.5. The molecule has 0 aliphatic carbocycles. The lowest BCUT2D eigenvalue weighted by atomic mass is 9.84. The van der Waals surface area contributed by atoms with Crippen LogP contribution < -0.4 is 15.8 Å². The Morgan fingerprint density at radius 2 is 1.77 bits per heavy atom. The Morgan fingerprint density at radius 3 is 2.23 bits per heavy atom. The van der Waals surface area contributed by atoms with Crippen molar-refractivity contribution in [3.8, 4) is 5.75 Å². The second-order valence-electron chi connectivity index (χ2n) is 6.46. The molecule has 0 radical (unpaired) electrons. The topological polar surface area (TPSA) is 64.4 Å². The molecule has 1 rings (SSSR count). The van der Waals surface area contributed by atoms with Gasteiger partial charge in [-0.1, -0.05) is 39.3 Å². The van der Waals surface area contributed by atoms with Crippen LogP contribution in [0.5, 0.6) is 5.75 Å². The molecule has 22 heavy (non-hydrogen) atoms. The monoisotopic (exact) mass is 328 g/mol.